The van der Waals surface area contributed by atoms with Crippen LogP contribution in [0, 0.1) is 29.3 Å². The first-order valence-electron chi connectivity index (χ1n) is 11.7. The van der Waals surface area contributed by atoms with E-state index >= 15 is 0 Å². The maximum Gasteiger partial charge on any atom is 0.251 e. The molecule has 10 heteroatoms. The molecular weight excluding hydrogens is 461 g/mol. The summed E-state index contributed by atoms with van der Waals surface area (Å²) in [6, 6.07) is 5.41. The Labute approximate surface area is 199 Å². The molecule has 2 N–H and O–H groups in total. The van der Waals surface area contributed by atoms with Gasteiger partial charge in [-0.3, -0.25) is 14.4 Å². The number of rotatable bonds is 5. The average molecular weight is 486 g/mol. The number of nitrogens with zero attached hydrogens (tertiary/aromatic N) is 3. The predicted octanol–water partition coefficient (Wildman–Crippen LogP) is 4.26. The summed E-state index contributed by atoms with van der Waals surface area (Å²) >= 11 is 0. The first-order chi connectivity index (χ1) is 16.8. The van der Waals surface area contributed by atoms with Crippen LogP contribution in [0.15, 0.2) is 36.7 Å². The van der Waals surface area contributed by atoms with E-state index < -0.39 is 29.4 Å². The molecular formula is C25H25F3N4O3. The number of hydrogen-bond acceptors (Lipinski definition) is 4. The van der Waals surface area contributed by atoms with Crippen LogP contribution < -0.4 is 5.73 Å². The number of carbonyl (C=O) groups excluding carboxylic acids is 2. The highest BCUT2D eigenvalue weighted by Gasteiger charge is 2.37. The summed E-state index contributed by atoms with van der Waals surface area (Å²) in [6.07, 6.45) is 4.97. The molecule has 2 aliphatic rings. The van der Waals surface area contributed by atoms with Crippen molar-refractivity contribution < 1.29 is 27.6 Å². The quantitative estimate of drug-likeness (QED) is 0.583. The number of primary amides is 1. The summed E-state index contributed by atoms with van der Waals surface area (Å²) in [5, 5.41) is 1.29. The Kier molecular flexibility index (Phi) is 6.22. The van der Waals surface area contributed by atoms with Gasteiger partial charge in [-0.15, -0.1) is 0 Å². The summed E-state index contributed by atoms with van der Waals surface area (Å²) in [5.74, 6) is -3.02. The Balaban J connectivity index is 1.24. The Bertz CT molecular complexity index is 1270. The van der Waals surface area contributed by atoms with Crippen molar-refractivity contribution in [3.05, 3.63) is 65.2 Å². The fraction of sp³-hybridized carbons (Fsp3) is 0.400. The van der Waals surface area contributed by atoms with Gasteiger partial charge in [0, 0.05) is 31.0 Å². The summed E-state index contributed by atoms with van der Waals surface area (Å²) in [4.78, 5) is 34.5. The Morgan fingerprint density at radius 1 is 1.00 bits per heavy atom. The number of hydrogen-bond donors (Lipinski definition) is 1. The van der Waals surface area contributed by atoms with Crippen molar-refractivity contribution in [1.82, 2.24) is 14.6 Å². The lowest BCUT2D eigenvalue weighted by Gasteiger charge is -2.32. The van der Waals surface area contributed by atoms with E-state index in [1.165, 1.54) is 29.3 Å². The predicted molar refractivity (Wildman–Crippen MR) is 120 cm³/mol. The van der Waals surface area contributed by atoms with Gasteiger partial charge in [0.25, 0.3) is 5.91 Å². The molecule has 0 bridgehead atoms. The molecule has 2 aromatic carbocycles. The van der Waals surface area contributed by atoms with E-state index in [1.54, 1.807) is 6.33 Å². The van der Waals surface area contributed by atoms with Gasteiger partial charge in [-0.1, -0.05) is 0 Å². The molecule has 1 aromatic heterocycles. The molecule has 7 nitrogen and oxygen atoms in total. The number of halogens is 3. The minimum atomic E-state index is -0.834. The Morgan fingerprint density at radius 2 is 1.71 bits per heavy atom. The Morgan fingerprint density at radius 3 is 2.40 bits per heavy atom. The maximum atomic E-state index is 14.0. The van der Waals surface area contributed by atoms with Crippen molar-refractivity contribution >= 4 is 22.8 Å². The topological polar surface area (TPSA) is 90.5 Å². The van der Waals surface area contributed by atoms with Gasteiger partial charge in [-0.05, 0) is 55.4 Å². The van der Waals surface area contributed by atoms with Crippen LogP contribution >= 0.6 is 0 Å². The zero-order chi connectivity index (χ0) is 24.7. The number of imidazole rings is 1. The molecule has 1 saturated carbocycles. The second kappa shape index (κ2) is 9.33. The third-order valence-electron chi connectivity index (χ3n) is 7.02. The zero-order valence-corrected chi connectivity index (χ0v) is 18.9. The molecule has 0 radical (unpaired) electrons. The second-order valence-corrected chi connectivity index (χ2v) is 9.30. The van der Waals surface area contributed by atoms with Crippen LogP contribution in [-0.2, 0) is 16.2 Å². The highest BCUT2D eigenvalue weighted by molar-refractivity contribution is 5.96. The molecule has 3 aromatic rings. The van der Waals surface area contributed by atoms with Crippen molar-refractivity contribution in [2.75, 3.05) is 6.61 Å². The van der Waals surface area contributed by atoms with E-state index in [0.29, 0.717) is 49.0 Å². The second-order valence-electron chi connectivity index (χ2n) is 9.30. The van der Waals surface area contributed by atoms with Crippen molar-refractivity contribution in [2.45, 2.75) is 44.7 Å². The molecule has 2 heterocycles. The lowest BCUT2D eigenvalue weighted by Crippen LogP contribution is -2.37. The minimum Gasteiger partial charge on any atom is -0.366 e. The molecule has 1 atom stereocenters. The van der Waals surface area contributed by atoms with E-state index in [2.05, 4.69) is 4.98 Å². The fourth-order valence-electron chi connectivity index (χ4n) is 5.22. The van der Waals surface area contributed by atoms with Gasteiger partial charge in [-0.25, -0.2) is 23.2 Å². The molecule has 2 fully saturated rings. The number of nitrogens with two attached hydrogens (primary N) is 1. The lowest BCUT2D eigenvalue weighted by molar-refractivity contribution is -0.183. The van der Waals surface area contributed by atoms with Gasteiger partial charge in [-0.2, -0.15) is 0 Å². The number of amides is 2. The standard InChI is InChI=1S/C25H25F3N4O3/c26-17-7-16(8-18(27)9-17)22-5-6-35-32(22)25(34)15-3-1-14(2-4-15)12-31-13-30-21-11-20(28)19(24(29)33)10-23(21)31/h7-11,13-15,22H,1-6,12H2,(H2,29,33)/t14-,15-,22-/m0/s1. The Hall–Kier alpha value is -3.40. The van der Waals surface area contributed by atoms with Crippen molar-refractivity contribution in [1.29, 1.82) is 0 Å². The molecule has 0 spiro atoms. The molecule has 2 amide bonds. The number of benzene rings is 2. The van der Waals surface area contributed by atoms with Gasteiger partial charge in [0.1, 0.15) is 17.5 Å². The van der Waals surface area contributed by atoms with Crippen LogP contribution in [0.5, 0.6) is 0 Å². The van der Waals surface area contributed by atoms with Crippen LogP contribution in [0.1, 0.15) is 54.1 Å². The number of carbonyl (C=O) groups is 2. The van der Waals surface area contributed by atoms with Gasteiger partial charge >= 0.3 is 0 Å². The van der Waals surface area contributed by atoms with Crippen LogP contribution in [0.25, 0.3) is 11.0 Å². The molecule has 1 aliphatic carbocycles. The lowest BCUT2D eigenvalue weighted by atomic mass is 9.81. The SMILES string of the molecule is NC(=O)c1cc2c(cc1F)ncn2C[C@H]1CC[C@H](C(=O)N2OCC[C@H]2c2cc(F)cc(F)c2)CC1. The molecule has 1 saturated heterocycles. The fourth-order valence-corrected chi connectivity index (χ4v) is 5.22. The van der Waals surface area contributed by atoms with Gasteiger partial charge in [0.15, 0.2) is 0 Å². The normalized spacial score (nSPS) is 22.6. The first kappa shape index (κ1) is 23.3. The maximum absolute atomic E-state index is 14.0. The molecule has 35 heavy (non-hydrogen) atoms. The monoisotopic (exact) mass is 486 g/mol. The smallest absolute Gasteiger partial charge is 0.251 e. The highest BCUT2D eigenvalue weighted by atomic mass is 19.1. The van der Waals surface area contributed by atoms with Gasteiger partial charge in [0.2, 0.25) is 5.91 Å². The van der Waals surface area contributed by atoms with Crippen LogP contribution in [0.2, 0.25) is 0 Å². The van der Waals surface area contributed by atoms with Crippen molar-refractivity contribution in [3.63, 3.8) is 0 Å². The molecule has 5 rings (SSSR count). The summed E-state index contributed by atoms with van der Waals surface area (Å²) in [5.41, 5.74) is 6.57. The van der Waals surface area contributed by atoms with Crippen LogP contribution in [-0.4, -0.2) is 33.0 Å². The largest absolute Gasteiger partial charge is 0.366 e. The molecule has 1 aliphatic heterocycles. The van der Waals surface area contributed by atoms with E-state index in [-0.39, 0.29) is 23.3 Å². The number of hydroxylamine groups is 2. The van der Waals surface area contributed by atoms with Gasteiger partial charge < -0.3 is 10.3 Å². The summed E-state index contributed by atoms with van der Waals surface area (Å²) < 4.78 is 43.3. The van der Waals surface area contributed by atoms with E-state index in [0.717, 1.165) is 18.9 Å². The third kappa shape index (κ3) is 4.62. The number of aromatic nitrogens is 2. The minimum absolute atomic E-state index is 0.162. The van der Waals surface area contributed by atoms with Crippen molar-refractivity contribution in [3.8, 4) is 0 Å². The average Bonchev–Trinajstić information content (AvgIpc) is 3.45. The zero-order valence-electron chi connectivity index (χ0n) is 18.9. The number of fused-ring (bicyclic) bond motifs is 1. The molecule has 0 unspecified atom stereocenters. The summed E-state index contributed by atoms with van der Waals surface area (Å²) in [6.45, 7) is 0.929. The van der Waals surface area contributed by atoms with Crippen LogP contribution in [0.3, 0.4) is 0 Å². The third-order valence-corrected chi connectivity index (χ3v) is 7.02. The van der Waals surface area contributed by atoms with Crippen molar-refractivity contribution in [2.24, 2.45) is 17.6 Å². The highest BCUT2D eigenvalue weighted by Crippen LogP contribution is 2.37. The van der Waals surface area contributed by atoms with Gasteiger partial charge in [0.05, 0.1) is 35.6 Å². The first-order valence-corrected chi connectivity index (χ1v) is 11.7. The van der Waals surface area contributed by atoms with Crippen LogP contribution in [0.4, 0.5) is 13.2 Å². The summed E-state index contributed by atoms with van der Waals surface area (Å²) in [7, 11) is 0. The van der Waals surface area contributed by atoms with E-state index in [1.807, 2.05) is 4.57 Å². The van der Waals surface area contributed by atoms with E-state index in [4.69, 9.17) is 10.6 Å². The molecule has 184 valence electrons. The van der Waals surface area contributed by atoms with E-state index in [9.17, 15) is 22.8 Å².